The minimum absolute atomic E-state index is 0.292. The number of fused-ring (bicyclic) bond motifs is 4. The van der Waals surface area contributed by atoms with E-state index in [0.717, 1.165) is 39.0 Å². The van der Waals surface area contributed by atoms with Gasteiger partial charge in [-0.25, -0.2) is 4.90 Å². The lowest BCUT2D eigenvalue weighted by Gasteiger charge is -2.18. The van der Waals surface area contributed by atoms with Gasteiger partial charge in [0.25, 0.3) is 11.8 Å². The number of aryl methyl sites for hydroxylation is 1. The summed E-state index contributed by atoms with van der Waals surface area (Å²) in [5.41, 5.74) is 5.77. The zero-order valence-corrected chi connectivity index (χ0v) is 25.0. The van der Waals surface area contributed by atoms with Gasteiger partial charge in [-0.3, -0.25) is 9.59 Å². The molecule has 7 heteroatoms. The van der Waals surface area contributed by atoms with Gasteiger partial charge in [-0.2, -0.15) is 13.2 Å². The quantitative estimate of drug-likeness (QED) is 0.183. The van der Waals surface area contributed by atoms with Crippen molar-refractivity contribution in [1.29, 1.82) is 0 Å². The fourth-order valence-corrected chi connectivity index (χ4v) is 6.73. The molecule has 0 spiro atoms. The number of hydrogen-bond donors (Lipinski definition) is 0. The molecule has 2 amide bonds. The predicted octanol–water partition coefficient (Wildman–Crippen LogP) is 10.2. The van der Waals surface area contributed by atoms with Crippen molar-refractivity contribution in [3.05, 3.63) is 156 Å². The zero-order chi connectivity index (χ0) is 32.4. The monoisotopic (exact) mass is 622 g/mol. The number of anilines is 1. The van der Waals surface area contributed by atoms with Crippen molar-refractivity contribution in [3.63, 3.8) is 0 Å². The zero-order valence-electron chi connectivity index (χ0n) is 25.0. The molecule has 0 radical (unpaired) electrons. The van der Waals surface area contributed by atoms with Gasteiger partial charge < -0.3 is 4.57 Å². The molecule has 1 aliphatic rings. The SMILES string of the molecule is Cc1cc(-c2ccc3c(c2)c2ccccc2n3-c2cccc3c2C(=O)N(c2ccccc2-c2ccccc2)C3=O)cc(C(F)(F)F)c1. The molecule has 1 aromatic heterocycles. The van der Waals surface area contributed by atoms with Crippen LogP contribution in [0.3, 0.4) is 0 Å². The number of rotatable bonds is 4. The van der Waals surface area contributed by atoms with E-state index < -0.39 is 23.6 Å². The fraction of sp³-hybridized carbons (Fsp3) is 0.0500. The second kappa shape index (κ2) is 10.6. The third-order valence-electron chi connectivity index (χ3n) is 8.77. The molecule has 6 aromatic carbocycles. The molecular formula is C40H25F3N2O2. The number of hydrogen-bond acceptors (Lipinski definition) is 2. The Morgan fingerprint density at radius 3 is 2.02 bits per heavy atom. The van der Waals surface area contributed by atoms with Crippen LogP contribution in [0, 0.1) is 6.92 Å². The van der Waals surface area contributed by atoms with Crippen LogP contribution in [0.5, 0.6) is 0 Å². The highest BCUT2D eigenvalue weighted by molar-refractivity contribution is 6.36. The lowest BCUT2D eigenvalue weighted by Crippen LogP contribution is -2.30. The fourth-order valence-electron chi connectivity index (χ4n) is 6.73. The Balaban J connectivity index is 1.31. The third-order valence-corrected chi connectivity index (χ3v) is 8.77. The summed E-state index contributed by atoms with van der Waals surface area (Å²) in [6.07, 6.45) is -4.46. The van der Waals surface area contributed by atoms with Crippen molar-refractivity contribution in [2.75, 3.05) is 4.90 Å². The molecule has 0 aliphatic carbocycles. The van der Waals surface area contributed by atoms with E-state index in [9.17, 15) is 22.8 Å². The van der Waals surface area contributed by atoms with Gasteiger partial charge in [0.05, 0.1) is 39.1 Å². The summed E-state index contributed by atoms with van der Waals surface area (Å²) < 4.78 is 43.0. The molecule has 0 bridgehead atoms. The highest BCUT2D eigenvalue weighted by atomic mass is 19.4. The predicted molar refractivity (Wildman–Crippen MR) is 179 cm³/mol. The van der Waals surface area contributed by atoms with Crippen LogP contribution in [0.4, 0.5) is 18.9 Å². The maximum Gasteiger partial charge on any atom is 0.416 e. The number of aromatic nitrogens is 1. The Morgan fingerprint density at radius 2 is 1.21 bits per heavy atom. The summed E-state index contributed by atoms with van der Waals surface area (Å²) in [5.74, 6) is -0.829. The Hall–Kier alpha value is -5.95. The second-order valence-electron chi connectivity index (χ2n) is 11.7. The number of para-hydroxylation sites is 2. The van der Waals surface area contributed by atoms with Crippen LogP contribution in [0.1, 0.15) is 31.8 Å². The lowest BCUT2D eigenvalue weighted by atomic mass is 9.98. The van der Waals surface area contributed by atoms with E-state index in [1.54, 1.807) is 37.3 Å². The van der Waals surface area contributed by atoms with Gasteiger partial charge in [0.1, 0.15) is 0 Å². The number of nitrogens with zero attached hydrogens (tertiary/aromatic N) is 2. The Labute approximate surface area is 267 Å². The first kappa shape index (κ1) is 28.5. The number of amides is 2. The second-order valence-corrected chi connectivity index (χ2v) is 11.7. The Morgan fingerprint density at radius 1 is 0.532 bits per heavy atom. The molecule has 0 fully saturated rings. The smallest absolute Gasteiger partial charge is 0.308 e. The van der Waals surface area contributed by atoms with Gasteiger partial charge in [-0.05, 0) is 77.7 Å². The van der Waals surface area contributed by atoms with Crippen molar-refractivity contribution in [2.24, 2.45) is 0 Å². The van der Waals surface area contributed by atoms with Crippen molar-refractivity contribution >= 4 is 39.3 Å². The van der Waals surface area contributed by atoms with E-state index in [-0.39, 0.29) is 0 Å². The number of halogens is 3. The van der Waals surface area contributed by atoms with Crippen LogP contribution in [0.15, 0.2) is 133 Å². The normalized spacial score (nSPS) is 13.1. The van der Waals surface area contributed by atoms with E-state index >= 15 is 0 Å². The lowest BCUT2D eigenvalue weighted by molar-refractivity contribution is -0.137. The first-order valence-electron chi connectivity index (χ1n) is 15.1. The summed E-state index contributed by atoms with van der Waals surface area (Å²) in [4.78, 5) is 29.6. The number of alkyl halides is 3. The Bertz CT molecular complexity index is 2410. The molecule has 228 valence electrons. The van der Waals surface area contributed by atoms with Crippen LogP contribution in [-0.2, 0) is 6.18 Å². The van der Waals surface area contributed by atoms with E-state index in [4.69, 9.17) is 0 Å². The van der Waals surface area contributed by atoms with Crippen molar-refractivity contribution in [3.8, 4) is 27.9 Å². The molecule has 4 nitrogen and oxygen atoms in total. The summed E-state index contributed by atoms with van der Waals surface area (Å²) in [7, 11) is 0. The van der Waals surface area contributed by atoms with Gasteiger partial charge in [0, 0.05) is 16.3 Å². The van der Waals surface area contributed by atoms with Gasteiger partial charge >= 0.3 is 6.18 Å². The number of carbonyl (C=O) groups is 2. The van der Waals surface area contributed by atoms with E-state index in [1.807, 2.05) is 95.6 Å². The van der Waals surface area contributed by atoms with Crippen LogP contribution < -0.4 is 4.90 Å². The number of benzene rings is 6. The first-order chi connectivity index (χ1) is 22.7. The molecule has 0 saturated carbocycles. The summed E-state index contributed by atoms with van der Waals surface area (Å²) in [6, 6.07) is 39.5. The molecule has 0 unspecified atom stereocenters. The molecule has 2 heterocycles. The molecule has 7 aromatic rings. The molecule has 1 aliphatic heterocycles. The highest BCUT2D eigenvalue weighted by Crippen LogP contribution is 2.41. The molecule has 0 atom stereocenters. The number of carbonyl (C=O) groups excluding carboxylic acids is 2. The average molecular weight is 623 g/mol. The van der Waals surface area contributed by atoms with E-state index in [0.29, 0.717) is 39.2 Å². The van der Waals surface area contributed by atoms with Crippen LogP contribution >= 0.6 is 0 Å². The Kier molecular flexibility index (Phi) is 6.41. The molecule has 0 N–H and O–H groups in total. The van der Waals surface area contributed by atoms with Crippen molar-refractivity contribution in [2.45, 2.75) is 13.1 Å². The standard InChI is InChI=1S/C40H25F3N2O2/c1-24-20-27(22-28(21-24)40(41,42)43)26-18-19-35-32(23-26)30-13-6-8-16-34(30)44(35)36-17-9-14-31-37(36)39(47)45(38(31)46)33-15-7-5-12-29(33)25-10-3-2-4-11-25/h2-23H,1H3. The summed E-state index contributed by atoms with van der Waals surface area (Å²) in [6.45, 7) is 1.65. The van der Waals surface area contributed by atoms with Crippen LogP contribution in [-0.4, -0.2) is 16.4 Å². The van der Waals surface area contributed by atoms with Gasteiger partial charge in [-0.1, -0.05) is 84.9 Å². The average Bonchev–Trinajstić information content (AvgIpc) is 3.54. The van der Waals surface area contributed by atoms with Crippen molar-refractivity contribution in [1.82, 2.24) is 4.57 Å². The van der Waals surface area contributed by atoms with Gasteiger partial charge in [-0.15, -0.1) is 0 Å². The topological polar surface area (TPSA) is 42.3 Å². The van der Waals surface area contributed by atoms with Crippen LogP contribution in [0.2, 0.25) is 0 Å². The summed E-state index contributed by atoms with van der Waals surface area (Å²) >= 11 is 0. The maximum atomic E-state index is 14.4. The third kappa shape index (κ3) is 4.54. The largest absolute Gasteiger partial charge is 0.416 e. The molecule has 8 rings (SSSR count). The number of imide groups is 1. The van der Waals surface area contributed by atoms with Crippen LogP contribution in [0.25, 0.3) is 49.7 Å². The molecular weight excluding hydrogens is 597 g/mol. The first-order valence-corrected chi connectivity index (χ1v) is 15.1. The van der Waals surface area contributed by atoms with E-state index in [1.165, 1.54) is 11.0 Å². The minimum Gasteiger partial charge on any atom is -0.308 e. The van der Waals surface area contributed by atoms with Crippen molar-refractivity contribution < 1.29 is 22.8 Å². The maximum absolute atomic E-state index is 14.4. The van der Waals surface area contributed by atoms with Gasteiger partial charge in [0.2, 0.25) is 0 Å². The highest BCUT2D eigenvalue weighted by Gasteiger charge is 2.40. The molecule has 47 heavy (non-hydrogen) atoms. The van der Waals surface area contributed by atoms with Gasteiger partial charge in [0.15, 0.2) is 0 Å². The minimum atomic E-state index is -4.46. The summed E-state index contributed by atoms with van der Waals surface area (Å²) in [5, 5.41) is 1.68. The molecule has 0 saturated heterocycles. The van der Waals surface area contributed by atoms with E-state index in [2.05, 4.69) is 0 Å².